The molecule has 0 atom stereocenters. The first kappa shape index (κ1) is 32.3. The van der Waals surface area contributed by atoms with E-state index in [4.69, 9.17) is 5.11 Å². The minimum absolute atomic E-state index is 0.104. The largest absolute Gasteiger partial charge is 0.481 e. The van der Waals surface area contributed by atoms with Crippen molar-refractivity contribution in [3.8, 4) is 0 Å². The molecule has 0 saturated heterocycles. The first-order valence-corrected chi connectivity index (χ1v) is 16.7. The van der Waals surface area contributed by atoms with Gasteiger partial charge in [0.25, 0.3) is 20.2 Å². The molecule has 43 heavy (non-hydrogen) atoms. The number of nitrogens with zero attached hydrogens (tertiary/aromatic N) is 2. The molecule has 2 aromatic rings. The van der Waals surface area contributed by atoms with Crippen molar-refractivity contribution in [1.29, 1.82) is 0 Å². The minimum atomic E-state index is -4.38. The third-order valence-corrected chi connectivity index (χ3v) is 9.68. The number of fused-ring (bicyclic) bond motifs is 2. The van der Waals surface area contributed by atoms with Gasteiger partial charge >= 0.3 is 5.97 Å². The molecule has 10 nitrogen and oxygen atoms in total. The van der Waals surface area contributed by atoms with Crippen molar-refractivity contribution in [3.05, 3.63) is 83.6 Å². The smallest absolute Gasteiger partial charge is 0.303 e. The standard InChI is InChI=1S/C31H36N2O8S2/c1-30(2)23-19-21(42(36,37)38)14-16-25(23)32-27(30)11-7-5-8-12-28-31(3,4)24-20-22(43(39,40)41)15-17-26(24)33(28)18-10-6-9-13-29(34)35/h5,7-8,11-12,14-17,19-20H,6,9-10,13,18H2,1-4H3,(H,34,35)(H,36,37,38)(H,39,40,41)/b8-5+,11-7+,28-12+. The molecule has 12 heteroatoms. The van der Waals surface area contributed by atoms with Crippen molar-refractivity contribution in [2.24, 2.45) is 4.99 Å². The van der Waals surface area contributed by atoms with E-state index in [1.165, 1.54) is 24.3 Å². The summed E-state index contributed by atoms with van der Waals surface area (Å²) in [6, 6.07) is 8.91. The van der Waals surface area contributed by atoms with Crippen LogP contribution in [0.2, 0.25) is 0 Å². The summed E-state index contributed by atoms with van der Waals surface area (Å²) in [5.74, 6) is -0.831. The van der Waals surface area contributed by atoms with Crippen molar-refractivity contribution in [3.63, 3.8) is 0 Å². The van der Waals surface area contributed by atoms with Gasteiger partial charge in [-0.2, -0.15) is 16.8 Å². The van der Waals surface area contributed by atoms with Crippen molar-refractivity contribution in [2.45, 2.75) is 74.0 Å². The van der Waals surface area contributed by atoms with Crippen molar-refractivity contribution >= 4 is 43.3 Å². The van der Waals surface area contributed by atoms with Crippen LogP contribution >= 0.6 is 0 Å². The van der Waals surface area contributed by atoms with Gasteiger partial charge in [-0.3, -0.25) is 18.9 Å². The Labute approximate surface area is 252 Å². The van der Waals surface area contributed by atoms with Gasteiger partial charge in [-0.05, 0) is 72.5 Å². The number of unbranched alkanes of at least 4 members (excludes halogenated alkanes) is 2. The summed E-state index contributed by atoms with van der Waals surface area (Å²) in [5, 5.41) is 8.94. The quantitative estimate of drug-likeness (QED) is 0.154. The second-order valence-electron chi connectivity index (χ2n) is 11.7. The number of aliphatic carboxylic acids is 1. The molecule has 0 amide bonds. The number of carbonyl (C=O) groups is 1. The van der Waals surface area contributed by atoms with Crippen LogP contribution in [-0.2, 0) is 35.9 Å². The van der Waals surface area contributed by atoms with Gasteiger partial charge in [0, 0.05) is 35.2 Å². The Hall–Kier alpha value is -3.58. The van der Waals surface area contributed by atoms with Gasteiger partial charge < -0.3 is 10.0 Å². The summed E-state index contributed by atoms with van der Waals surface area (Å²) in [4.78, 5) is 17.3. The molecule has 2 aromatic carbocycles. The SMILES string of the molecule is CC1(C)C(/C=C/C=C/C=C2/N(CCCCCC(=O)O)c3ccc(S(=O)(=O)O)cc3C2(C)C)=Nc2ccc(S(=O)(=O)O)cc21. The number of carboxylic acid groups (broad SMARTS) is 1. The van der Waals surface area contributed by atoms with Gasteiger partial charge in [0.15, 0.2) is 0 Å². The van der Waals surface area contributed by atoms with Gasteiger partial charge in [0.05, 0.1) is 21.2 Å². The van der Waals surface area contributed by atoms with Crippen LogP contribution < -0.4 is 4.90 Å². The highest BCUT2D eigenvalue weighted by Gasteiger charge is 2.40. The van der Waals surface area contributed by atoms with Gasteiger partial charge in [-0.15, -0.1) is 0 Å². The molecule has 0 spiro atoms. The predicted octanol–water partition coefficient (Wildman–Crippen LogP) is 5.98. The Bertz CT molecular complexity index is 1780. The van der Waals surface area contributed by atoms with Crippen molar-refractivity contribution in [2.75, 3.05) is 11.4 Å². The van der Waals surface area contributed by atoms with Crippen LogP contribution in [0.4, 0.5) is 11.4 Å². The molecule has 4 rings (SSSR count). The van der Waals surface area contributed by atoms with E-state index >= 15 is 0 Å². The fraction of sp³-hybridized carbons (Fsp3) is 0.355. The molecule has 0 bridgehead atoms. The lowest BCUT2D eigenvalue weighted by Crippen LogP contribution is -2.27. The number of allylic oxidation sites excluding steroid dienone is 6. The van der Waals surface area contributed by atoms with Crippen LogP contribution in [0, 0.1) is 0 Å². The van der Waals surface area contributed by atoms with E-state index in [-0.39, 0.29) is 16.2 Å². The number of hydrogen-bond acceptors (Lipinski definition) is 7. The molecule has 0 aromatic heterocycles. The lowest BCUT2D eigenvalue weighted by molar-refractivity contribution is -0.137. The van der Waals surface area contributed by atoms with E-state index in [1.54, 1.807) is 12.1 Å². The highest BCUT2D eigenvalue weighted by Crippen LogP contribution is 2.48. The van der Waals surface area contributed by atoms with E-state index in [9.17, 15) is 30.7 Å². The van der Waals surface area contributed by atoms with Crippen LogP contribution in [0.5, 0.6) is 0 Å². The van der Waals surface area contributed by atoms with Crippen molar-refractivity contribution in [1.82, 2.24) is 0 Å². The number of benzene rings is 2. The Morgan fingerprint density at radius 2 is 1.47 bits per heavy atom. The van der Waals surface area contributed by atoms with E-state index in [2.05, 4.69) is 9.89 Å². The Kier molecular flexibility index (Phi) is 8.90. The Morgan fingerprint density at radius 3 is 2.09 bits per heavy atom. The molecule has 0 saturated carbocycles. The van der Waals surface area contributed by atoms with Gasteiger partial charge in [-0.1, -0.05) is 52.3 Å². The molecule has 230 valence electrons. The molecule has 2 heterocycles. The van der Waals surface area contributed by atoms with E-state index in [0.29, 0.717) is 24.2 Å². The molecule has 0 unspecified atom stereocenters. The third-order valence-electron chi connectivity index (χ3n) is 7.98. The van der Waals surface area contributed by atoms with Crippen LogP contribution in [0.3, 0.4) is 0 Å². The summed E-state index contributed by atoms with van der Waals surface area (Å²) < 4.78 is 66.0. The number of rotatable bonds is 11. The van der Waals surface area contributed by atoms with Gasteiger partial charge in [0.1, 0.15) is 0 Å². The van der Waals surface area contributed by atoms with Gasteiger partial charge in [0.2, 0.25) is 0 Å². The maximum atomic E-state index is 11.9. The third kappa shape index (κ3) is 6.82. The minimum Gasteiger partial charge on any atom is -0.481 e. The zero-order valence-corrected chi connectivity index (χ0v) is 26.1. The summed E-state index contributed by atoms with van der Waals surface area (Å²) >= 11 is 0. The van der Waals surface area contributed by atoms with E-state index in [0.717, 1.165) is 35.5 Å². The van der Waals surface area contributed by atoms with Crippen molar-refractivity contribution < 1.29 is 35.8 Å². The molecule has 2 aliphatic rings. The average Bonchev–Trinajstić information content (AvgIpc) is 3.27. The second-order valence-corrected chi connectivity index (χ2v) is 14.6. The molecule has 0 aliphatic carbocycles. The number of aliphatic imine (C=N–C) groups is 1. The maximum absolute atomic E-state index is 11.9. The van der Waals surface area contributed by atoms with Crippen LogP contribution in [0.15, 0.2) is 87.3 Å². The lowest BCUT2D eigenvalue weighted by Gasteiger charge is -2.27. The van der Waals surface area contributed by atoms with Crippen LogP contribution in [-0.4, -0.2) is 49.3 Å². The number of hydrogen-bond donors (Lipinski definition) is 3. The summed E-state index contributed by atoms with van der Waals surface area (Å²) in [6.07, 6.45) is 11.4. The maximum Gasteiger partial charge on any atom is 0.303 e. The molecule has 3 N–H and O–H groups in total. The molecular weight excluding hydrogens is 592 g/mol. The monoisotopic (exact) mass is 628 g/mol. The average molecular weight is 629 g/mol. The van der Waals surface area contributed by atoms with Crippen LogP contribution in [0.1, 0.15) is 64.5 Å². The fourth-order valence-corrected chi connectivity index (χ4v) is 6.58. The summed E-state index contributed by atoms with van der Waals surface area (Å²) in [6.45, 7) is 8.41. The number of carboxylic acids is 1. The predicted molar refractivity (Wildman–Crippen MR) is 165 cm³/mol. The fourth-order valence-electron chi connectivity index (χ4n) is 5.56. The summed E-state index contributed by atoms with van der Waals surface area (Å²) in [7, 11) is -8.72. The molecule has 0 fully saturated rings. The first-order valence-electron chi connectivity index (χ1n) is 13.8. The lowest BCUT2D eigenvalue weighted by atomic mass is 9.81. The summed E-state index contributed by atoms with van der Waals surface area (Å²) in [5.41, 5.74) is 3.38. The second kappa shape index (κ2) is 11.8. The first-order chi connectivity index (χ1) is 19.9. The molecular formula is C31H36N2O8S2. The van der Waals surface area contributed by atoms with Crippen LogP contribution in [0.25, 0.3) is 0 Å². The topological polar surface area (TPSA) is 162 Å². The molecule has 0 radical (unpaired) electrons. The highest BCUT2D eigenvalue weighted by molar-refractivity contribution is 7.86. The Balaban J connectivity index is 1.58. The normalized spacial score (nSPS) is 18.4. The number of anilines is 1. The zero-order chi connectivity index (χ0) is 31.8. The van der Waals surface area contributed by atoms with Gasteiger partial charge in [-0.25, -0.2) is 0 Å². The highest BCUT2D eigenvalue weighted by atomic mass is 32.2. The van der Waals surface area contributed by atoms with E-state index in [1.807, 2.05) is 58.1 Å². The molecule has 2 aliphatic heterocycles. The zero-order valence-electron chi connectivity index (χ0n) is 24.5. The van der Waals surface area contributed by atoms with E-state index < -0.39 is 37.0 Å². The Morgan fingerprint density at radius 1 is 0.837 bits per heavy atom.